The van der Waals surface area contributed by atoms with Crippen LogP contribution < -0.4 is 5.32 Å². The summed E-state index contributed by atoms with van der Waals surface area (Å²) in [4.78, 5) is 22.7. The molecule has 0 radical (unpaired) electrons. The number of carbonyl (C=O) groups is 1. The maximum atomic E-state index is 13.6. The molecule has 0 saturated carbocycles. The van der Waals surface area contributed by atoms with E-state index in [2.05, 4.69) is 37.6 Å². The van der Waals surface area contributed by atoms with E-state index >= 15 is 0 Å². The highest BCUT2D eigenvalue weighted by Gasteiger charge is 2.20. The quantitative estimate of drug-likeness (QED) is 0.666. The molecule has 1 saturated heterocycles. The highest BCUT2D eigenvalue weighted by Crippen LogP contribution is 2.17. The number of nitrogens with one attached hydrogen (secondary N) is 1. The van der Waals surface area contributed by atoms with Crippen molar-refractivity contribution in [2.24, 2.45) is 0 Å². The highest BCUT2D eigenvalue weighted by molar-refractivity contribution is 7.09. The number of halogens is 1. The third-order valence-electron chi connectivity index (χ3n) is 5.00. The minimum atomic E-state index is -0.413. The Morgan fingerprint density at radius 3 is 2.66 bits per heavy atom. The second-order valence-electron chi connectivity index (χ2n) is 7.18. The molecule has 1 fully saturated rings. The van der Waals surface area contributed by atoms with E-state index in [1.54, 1.807) is 30.4 Å². The third-order valence-corrected chi connectivity index (χ3v) is 5.86. The molecule has 0 bridgehead atoms. The predicted octanol–water partition coefficient (Wildman–Crippen LogP) is 3.75. The summed E-state index contributed by atoms with van der Waals surface area (Å²) in [5.74, 6) is -0.261. The van der Waals surface area contributed by atoms with Crippen LogP contribution in [0.5, 0.6) is 0 Å². The van der Waals surface area contributed by atoms with Gasteiger partial charge in [0.1, 0.15) is 12.1 Å². The first-order valence-electron chi connectivity index (χ1n) is 9.56. The summed E-state index contributed by atoms with van der Waals surface area (Å²) >= 11 is 1.79. The van der Waals surface area contributed by atoms with Crippen molar-refractivity contribution in [3.8, 4) is 0 Å². The summed E-state index contributed by atoms with van der Waals surface area (Å²) in [7, 11) is 0. The van der Waals surface area contributed by atoms with Gasteiger partial charge in [-0.1, -0.05) is 12.1 Å². The van der Waals surface area contributed by atoms with Gasteiger partial charge in [-0.05, 0) is 36.1 Å². The van der Waals surface area contributed by atoms with Crippen LogP contribution >= 0.6 is 11.3 Å². The van der Waals surface area contributed by atoms with Crippen LogP contribution in [0.25, 0.3) is 0 Å². The average Bonchev–Trinajstić information content (AvgIpc) is 3.38. The fourth-order valence-electron chi connectivity index (χ4n) is 3.27. The van der Waals surface area contributed by atoms with Crippen LogP contribution in [0.3, 0.4) is 0 Å². The Hall–Kier alpha value is -2.55. The maximum Gasteiger partial charge on any atom is 0.277 e. The molecule has 1 N–H and O–H groups in total. The Kier molecular flexibility index (Phi) is 6.03. The summed E-state index contributed by atoms with van der Waals surface area (Å²) in [6, 6.07) is 8.83. The van der Waals surface area contributed by atoms with Crippen molar-refractivity contribution in [3.63, 3.8) is 0 Å². The number of nitrogens with zero attached hydrogens (tertiary/aromatic N) is 3. The zero-order valence-corrected chi connectivity index (χ0v) is 17.0. The standard InChI is InChI=1S/C21H23FN4O2S/c1-15-4-5-16(11-18(15)22)23-21(27)19-14-28-20(24-19)13-26-8-6-25(7-9-26)12-17-3-2-10-29-17/h2-5,10-11,14H,6-9,12-13H2,1H3,(H,23,27). The fourth-order valence-corrected chi connectivity index (χ4v) is 4.02. The monoisotopic (exact) mass is 414 g/mol. The molecule has 0 unspecified atom stereocenters. The van der Waals surface area contributed by atoms with Crippen LogP contribution in [0.2, 0.25) is 0 Å². The number of anilines is 1. The van der Waals surface area contributed by atoms with Crippen molar-refractivity contribution >= 4 is 22.9 Å². The number of amides is 1. The van der Waals surface area contributed by atoms with Gasteiger partial charge < -0.3 is 9.73 Å². The Labute approximate surface area is 173 Å². The number of aryl methyl sites for hydroxylation is 1. The van der Waals surface area contributed by atoms with Crippen LogP contribution in [0.1, 0.15) is 26.8 Å². The Balaban J connectivity index is 1.28. The predicted molar refractivity (Wildman–Crippen MR) is 110 cm³/mol. The van der Waals surface area contributed by atoms with E-state index in [-0.39, 0.29) is 11.5 Å². The first-order valence-corrected chi connectivity index (χ1v) is 10.4. The van der Waals surface area contributed by atoms with E-state index in [1.165, 1.54) is 17.2 Å². The molecule has 1 amide bonds. The van der Waals surface area contributed by atoms with E-state index in [0.29, 0.717) is 23.7 Å². The van der Waals surface area contributed by atoms with Gasteiger partial charge in [0.15, 0.2) is 5.69 Å². The van der Waals surface area contributed by atoms with Crippen LogP contribution in [0, 0.1) is 12.7 Å². The van der Waals surface area contributed by atoms with Gasteiger partial charge in [-0.3, -0.25) is 14.6 Å². The van der Waals surface area contributed by atoms with E-state index in [9.17, 15) is 9.18 Å². The SMILES string of the molecule is Cc1ccc(NC(=O)c2coc(CN3CCN(Cc4cccs4)CC3)n2)cc1F. The van der Waals surface area contributed by atoms with Crippen molar-refractivity contribution in [1.82, 2.24) is 14.8 Å². The molecule has 0 atom stereocenters. The lowest BCUT2D eigenvalue weighted by Crippen LogP contribution is -2.45. The molecule has 6 nitrogen and oxygen atoms in total. The van der Waals surface area contributed by atoms with Crippen LogP contribution in [0.15, 0.2) is 46.4 Å². The number of rotatable bonds is 6. The average molecular weight is 415 g/mol. The highest BCUT2D eigenvalue weighted by atomic mass is 32.1. The van der Waals surface area contributed by atoms with Crippen LogP contribution in [-0.4, -0.2) is 46.9 Å². The molecule has 3 aromatic rings. The number of aromatic nitrogens is 1. The molecule has 4 rings (SSSR count). The van der Waals surface area contributed by atoms with Gasteiger partial charge in [-0.15, -0.1) is 11.3 Å². The Morgan fingerprint density at radius 1 is 1.21 bits per heavy atom. The zero-order valence-electron chi connectivity index (χ0n) is 16.2. The Bertz CT molecular complexity index is 965. The summed E-state index contributed by atoms with van der Waals surface area (Å²) in [5.41, 5.74) is 1.11. The fraction of sp³-hybridized carbons (Fsp3) is 0.333. The van der Waals surface area contributed by atoms with Crippen molar-refractivity contribution in [1.29, 1.82) is 0 Å². The second-order valence-corrected chi connectivity index (χ2v) is 8.21. The molecule has 152 valence electrons. The van der Waals surface area contributed by atoms with E-state index in [0.717, 1.165) is 32.7 Å². The number of piperazine rings is 1. The van der Waals surface area contributed by atoms with Crippen molar-refractivity contribution < 1.29 is 13.6 Å². The molecule has 0 spiro atoms. The molecule has 2 aromatic heterocycles. The van der Waals surface area contributed by atoms with Gasteiger partial charge >= 0.3 is 0 Å². The summed E-state index contributed by atoms with van der Waals surface area (Å²) in [6.45, 7) is 7.08. The van der Waals surface area contributed by atoms with E-state index in [1.807, 2.05) is 0 Å². The summed E-state index contributed by atoms with van der Waals surface area (Å²) < 4.78 is 19.1. The zero-order chi connectivity index (χ0) is 20.2. The Morgan fingerprint density at radius 2 is 1.97 bits per heavy atom. The molecular weight excluding hydrogens is 391 g/mol. The lowest BCUT2D eigenvalue weighted by Gasteiger charge is -2.33. The maximum absolute atomic E-state index is 13.6. The van der Waals surface area contributed by atoms with Crippen LogP contribution in [0.4, 0.5) is 10.1 Å². The number of thiophene rings is 1. The first-order chi connectivity index (χ1) is 14.1. The number of oxazole rings is 1. The van der Waals surface area contributed by atoms with Gasteiger partial charge in [0.25, 0.3) is 5.91 Å². The van der Waals surface area contributed by atoms with Gasteiger partial charge in [0.2, 0.25) is 5.89 Å². The first kappa shape index (κ1) is 19.8. The molecule has 0 aliphatic carbocycles. The lowest BCUT2D eigenvalue weighted by molar-refractivity contribution is 0.102. The summed E-state index contributed by atoms with van der Waals surface area (Å²) in [6.07, 6.45) is 1.35. The molecule has 29 heavy (non-hydrogen) atoms. The molecule has 3 heterocycles. The second kappa shape index (κ2) is 8.86. The lowest BCUT2D eigenvalue weighted by atomic mass is 10.2. The van der Waals surface area contributed by atoms with E-state index < -0.39 is 5.91 Å². The van der Waals surface area contributed by atoms with Crippen molar-refractivity contribution in [3.05, 3.63) is 69.8 Å². The molecule has 8 heteroatoms. The number of carbonyl (C=O) groups excluding carboxylic acids is 1. The molecule has 1 aliphatic heterocycles. The molecular formula is C21H23FN4O2S. The summed E-state index contributed by atoms with van der Waals surface area (Å²) in [5, 5.41) is 4.76. The largest absolute Gasteiger partial charge is 0.447 e. The number of hydrogen-bond acceptors (Lipinski definition) is 6. The minimum absolute atomic E-state index is 0.192. The number of benzene rings is 1. The van der Waals surface area contributed by atoms with Gasteiger partial charge in [-0.2, -0.15) is 0 Å². The smallest absolute Gasteiger partial charge is 0.277 e. The van der Waals surface area contributed by atoms with Crippen molar-refractivity contribution in [2.75, 3.05) is 31.5 Å². The van der Waals surface area contributed by atoms with Crippen LogP contribution in [-0.2, 0) is 13.1 Å². The topological polar surface area (TPSA) is 61.6 Å². The minimum Gasteiger partial charge on any atom is -0.447 e. The molecule has 1 aromatic carbocycles. The normalized spacial score (nSPS) is 15.5. The number of hydrogen-bond donors (Lipinski definition) is 1. The molecule has 1 aliphatic rings. The van der Waals surface area contributed by atoms with Crippen molar-refractivity contribution in [2.45, 2.75) is 20.0 Å². The van der Waals surface area contributed by atoms with Gasteiger partial charge in [0.05, 0.1) is 6.54 Å². The van der Waals surface area contributed by atoms with E-state index in [4.69, 9.17) is 4.42 Å². The van der Waals surface area contributed by atoms with Gasteiger partial charge in [-0.25, -0.2) is 9.37 Å². The third kappa shape index (κ3) is 5.09. The van der Waals surface area contributed by atoms with Gasteiger partial charge in [0, 0.05) is 43.3 Å².